The molecule has 23 heavy (non-hydrogen) atoms. The zero-order chi connectivity index (χ0) is 16.2. The lowest BCUT2D eigenvalue weighted by Crippen LogP contribution is -2.50. The molecule has 126 valence electrons. The Morgan fingerprint density at radius 3 is 2.87 bits per heavy atom. The van der Waals surface area contributed by atoms with Crippen molar-refractivity contribution in [1.82, 2.24) is 25.1 Å². The van der Waals surface area contributed by atoms with Crippen LogP contribution in [0.25, 0.3) is 0 Å². The van der Waals surface area contributed by atoms with Crippen molar-refractivity contribution in [2.75, 3.05) is 26.7 Å². The van der Waals surface area contributed by atoms with Gasteiger partial charge in [0.25, 0.3) is 0 Å². The number of piperidine rings is 1. The summed E-state index contributed by atoms with van der Waals surface area (Å²) >= 11 is 0. The van der Waals surface area contributed by atoms with Crippen molar-refractivity contribution >= 4 is 11.9 Å². The Hall–Kier alpha value is -2.05. The van der Waals surface area contributed by atoms with Crippen LogP contribution in [0.4, 0.5) is 0 Å². The smallest absolute Gasteiger partial charge is 0.239 e. The molecular formula is C16H26N6O. The molecule has 7 heteroatoms. The molecule has 1 amide bonds. The number of aliphatic imine (C=N–C) groups is 1. The Morgan fingerprint density at radius 1 is 1.39 bits per heavy atom. The number of nitrogens with one attached hydrogen (secondary N) is 2. The van der Waals surface area contributed by atoms with Crippen molar-refractivity contribution < 1.29 is 4.79 Å². The minimum Gasteiger partial charge on any atom is -0.352 e. The first-order valence-electron chi connectivity index (χ1n) is 8.39. The van der Waals surface area contributed by atoms with Crippen molar-refractivity contribution in [2.24, 2.45) is 10.9 Å². The van der Waals surface area contributed by atoms with E-state index in [-0.39, 0.29) is 12.5 Å². The van der Waals surface area contributed by atoms with Gasteiger partial charge in [-0.05, 0) is 25.2 Å². The summed E-state index contributed by atoms with van der Waals surface area (Å²) in [4.78, 5) is 22.6. The minimum absolute atomic E-state index is 0.0465. The molecule has 1 aliphatic heterocycles. The predicted octanol–water partition coefficient (Wildman–Crippen LogP) is 0.620. The number of imidazole rings is 1. The number of hydrogen-bond acceptors (Lipinski definition) is 3. The number of guanidine groups is 1. The molecular weight excluding hydrogens is 292 g/mol. The van der Waals surface area contributed by atoms with Crippen LogP contribution in [-0.2, 0) is 4.79 Å². The first-order valence-corrected chi connectivity index (χ1v) is 8.39. The molecule has 2 unspecified atom stereocenters. The Labute approximate surface area is 137 Å². The topological polar surface area (TPSA) is 74.6 Å². The highest BCUT2D eigenvalue weighted by Gasteiger charge is 2.29. The van der Waals surface area contributed by atoms with Gasteiger partial charge in [0.2, 0.25) is 5.91 Å². The summed E-state index contributed by atoms with van der Waals surface area (Å²) in [6, 6.07) is 0.776. The maximum atomic E-state index is 11.8. The number of aromatic nitrogens is 2. The maximum absolute atomic E-state index is 11.8. The Balaban J connectivity index is 1.56. The average Bonchev–Trinajstić information content (AvgIpc) is 3.19. The van der Waals surface area contributed by atoms with Gasteiger partial charge in [0.05, 0.1) is 18.9 Å². The van der Waals surface area contributed by atoms with E-state index in [9.17, 15) is 4.79 Å². The molecule has 0 radical (unpaired) electrons. The first-order chi connectivity index (χ1) is 11.2. The van der Waals surface area contributed by atoms with Gasteiger partial charge in [-0.2, -0.15) is 0 Å². The molecule has 2 N–H and O–H groups in total. The predicted molar refractivity (Wildman–Crippen MR) is 89.1 cm³/mol. The highest BCUT2D eigenvalue weighted by atomic mass is 16.2. The summed E-state index contributed by atoms with van der Waals surface area (Å²) in [5, 5.41) is 6.18. The molecule has 1 saturated heterocycles. The molecule has 1 aliphatic carbocycles. The lowest BCUT2D eigenvalue weighted by Gasteiger charge is -2.39. The van der Waals surface area contributed by atoms with Crippen LogP contribution >= 0.6 is 0 Å². The molecule has 2 atom stereocenters. The average molecular weight is 318 g/mol. The quantitative estimate of drug-likeness (QED) is 0.630. The summed E-state index contributed by atoms with van der Waals surface area (Å²) in [7, 11) is 1.77. The van der Waals surface area contributed by atoms with E-state index >= 15 is 0 Å². The highest BCUT2D eigenvalue weighted by molar-refractivity contribution is 5.86. The zero-order valence-corrected chi connectivity index (χ0v) is 13.9. The normalized spacial score (nSPS) is 25.3. The SMILES string of the molecule is CN=C(NCC(=O)NC1CC1)N1CCC(C)C(n2ccnc2)C1. The van der Waals surface area contributed by atoms with Crippen molar-refractivity contribution in [3.8, 4) is 0 Å². The summed E-state index contributed by atoms with van der Waals surface area (Å²) < 4.78 is 2.17. The maximum Gasteiger partial charge on any atom is 0.239 e. The molecule has 1 aromatic heterocycles. The van der Waals surface area contributed by atoms with E-state index in [1.807, 2.05) is 18.7 Å². The van der Waals surface area contributed by atoms with Crippen molar-refractivity contribution in [2.45, 2.75) is 38.3 Å². The van der Waals surface area contributed by atoms with E-state index in [4.69, 9.17) is 0 Å². The summed E-state index contributed by atoms with van der Waals surface area (Å²) in [5.74, 6) is 1.44. The van der Waals surface area contributed by atoms with Crippen LogP contribution in [0.2, 0.25) is 0 Å². The largest absolute Gasteiger partial charge is 0.352 e. The highest BCUT2D eigenvalue weighted by Crippen LogP contribution is 2.27. The molecule has 2 aliphatic rings. The Bertz CT molecular complexity index is 551. The van der Waals surface area contributed by atoms with Crippen LogP contribution in [0, 0.1) is 5.92 Å². The number of likely N-dealkylation sites (tertiary alicyclic amines) is 1. The third-order valence-electron chi connectivity index (χ3n) is 4.69. The van der Waals surface area contributed by atoms with Crippen LogP contribution in [0.15, 0.2) is 23.7 Å². The number of nitrogens with zero attached hydrogens (tertiary/aromatic N) is 4. The van der Waals surface area contributed by atoms with Crippen LogP contribution in [0.1, 0.15) is 32.2 Å². The molecule has 2 heterocycles. The van der Waals surface area contributed by atoms with Crippen LogP contribution in [-0.4, -0.2) is 59.0 Å². The second-order valence-corrected chi connectivity index (χ2v) is 6.53. The number of hydrogen-bond donors (Lipinski definition) is 2. The third kappa shape index (κ3) is 4.03. The summed E-state index contributed by atoms with van der Waals surface area (Å²) in [6.45, 7) is 4.39. The van der Waals surface area contributed by atoms with E-state index in [0.29, 0.717) is 18.0 Å². The van der Waals surface area contributed by atoms with Crippen molar-refractivity contribution in [1.29, 1.82) is 0 Å². The Kier molecular flexibility index (Phi) is 4.83. The van der Waals surface area contributed by atoms with Gasteiger partial charge in [-0.3, -0.25) is 9.79 Å². The molecule has 1 aromatic rings. The molecule has 2 fully saturated rings. The second kappa shape index (κ2) is 7.02. The number of rotatable bonds is 4. The van der Waals surface area contributed by atoms with Crippen LogP contribution < -0.4 is 10.6 Å². The Morgan fingerprint density at radius 2 is 2.22 bits per heavy atom. The molecule has 7 nitrogen and oxygen atoms in total. The third-order valence-corrected chi connectivity index (χ3v) is 4.69. The zero-order valence-electron chi connectivity index (χ0n) is 13.9. The van der Waals surface area contributed by atoms with Gasteiger partial charge in [0.1, 0.15) is 0 Å². The molecule has 3 rings (SSSR count). The van der Waals surface area contributed by atoms with Gasteiger partial charge in [0, 0.05) is 38.6 Å². The standard InChI is InChI=1S/C16H26N6O/c1-12-5-7-21(10-14(12)22-8-6-18-11-22)16(17-2)19-9-15(23)20-13-3-4-13/h6,8,11-14H,3-5,7,9-10H2,1-2H3,(H,17,19)(H,20,23). The lowest BCUT2D eigenvalue weighted by atomic mass is 9.93. The second-order valence-electron chi connectivity index (χ2n) is 6.53. The fraction of sp³-hybridized carbons (Fsp3) is 0.688. The minimum atomic E-state index is 0.0465. The fourth-order valence-electron chi connectivity index (χ4n) is 3.09. The van der Waals surface area contributed by atoms with E-state index in [2.05, 4.69) is 37.0 Å². The molecule has 1 saturated carbocycles. The number of carbonyl (C=O) groups is 1. The number of amides is 1. The lowest BCUT2D eigenvalue weighted by molar-refractivity contribution is -0.120. The van der Waals surface area contributed by atoms with E-state index < -0.39 is 0 Å². The summed E-state index contributed by atoms with van der Waals surface area (Å²) in [6.07, 6.45) is 9.03. The van der Waals surface area contributed by atoms with E-state index in [0.717, 1.165) is 38.3 Å². The van der Waals surface area contributed by atoms with E-state index in [1.165, 1.54) is 0 Å². The molecule has 0 spiro atoms. The molecule has 0 bridgehead atoms. The van der Waals surface area contributed by atoms with Gasteiger partial charge >= 0.3 is 0 Å². The first kappa shape index (κ1) is 15.8. The van der Waals surface area contributed by atoms with E-state index in [1.54, 1.807) is 7.05 Å². The molecule has 0 aromatic carbocycles. The fourth-order valence-corrected chi connectivity index (χ4v) is 3.09. The van der Waals surface area contributed by atoms with Crippen LogP contribution in [0.5, 0.6) is 0 Å². The van der Waals surface area contributed by atoms with Crippen LogP contribution in [0.3, 0.4) is 0 Å². The van der Waals surface area contributed by atoms with Crippen molar-refractivity contribution in [3.63, 3.8) is 0 Å². The van der Waals surface area contributed by atoms with Gasteiger partial charge in [-0.15, -0.1) is 0 Å². The number of carbonyl (C=O) groups excluding carboxylic acids is 1. The van der Waals surface area contributed by atoms with Gasteiger partial charge in [-0.25, -0.2) is 4.98 Å². The van der Waals surface area contributed by atoms with Crippen molar-refractivity contribution in [3.05, 3.63) is 18.7 Å². The monoisotopic (exact) mass is 318 g/mol. The van der Waals surface area contributed by atoms with Gasteiger partial charge in [-0.1, -0.05) is 6.92 Å². The van der Waals surface area contributed by atoms with Gasteiger partial charge in [0.15, 0.2) is 5.96 Å². The summed E-state index contributed by atoms with van der Waals surface area (Å²) in [5.41, 5.74) is 0. The van der Waals surface area contributed by atoms with Gasteiger partial charge < -0.3 is 20.1 Å².